The lowest BCUT2D eigenvalue weighted by Crippen LogP contribution is -2.36. The van der Waals surface area contributed by atoms with Gasteiger partial charge in [-0.05, 0) is 12.1 Å². The molecule has 1 aliphatic rings. The number of nitrogens with zero attached hydrogens (tertiary/aromatic N) is 1. The van der Waals surface area contributed by atoms with E-state index in [-0.39, 0.29) is 17.9 Å². The Morgan fingerprint density at radius 3 is 1.93 bits per heavy atom. The Kier molecular flexibility index (Phi) is 1.88. The maximum absolute atomic E-state index is 11.7. The lowest BCUT2D eigenvalue weighted by Gasteiger charge is -2.23. The number of rotatable bonds is 1. The molecular weight excluding hydrogens is 178 g/mol. The van der Waals surface area contributed by atoms with E-state index in [2.05, 4.69) is 6.92 Å². The van der Waals surface area contributed by atoms with Crippen LogP contribution < -0.4 is 0 Å². The van der Waals surface area contributed by atoms with Crippen molar-refractivity contribution in [3.8, 4) is 0 Å². The Bertz CT molecular complexity index is 375. The average Bonchev–Trinajstić information content (AvgIpc) is 2.41. The number of fused-ring (bicyclic) bond motifs is 1. The molecule has 0 saturated carbocycles. The van der Waals surface area contributed by atoms with Crippen molar-refractivity contribution in [3.05, 3.63) is 42.3 Å². The Hall–Kier alpha value is -1.64. The van der Waals surface area contributed by atoms with Gasteiger partial charge in [0.15, 0.2) is 0 Å². The second-order valence-electron chi connectivity index (χ2n) is 3.37. The van der Waals surface area contributed by atoms with Crippen molar-refractivity contribution in [2.24, 2.45) is 0 Å². The van der Waals surface area contributed by atoms with Gasteiger partial charge < -0.3 is 11.8 Å². The van der Waals surface area contributed by atoms with Crippen molar-refractivity contribution in [3.63, 3.8) is 0 Å². The van der Waals surface area contributed by atoms with Gasteiger partial charge in [0.25, 0.3) is 11.8 Å². The summed E-state index contributed by atoms with van der Waals surface area (Å²) in [6.45, 7) is 5.41. The molecule has 3 nitrogen and oxygen atoms in total. The van der Waals surface area contributed by atoms with Crippen LogP contribution in [0.3, 0.4) is 0 Å². The standard InChI is InChI=1S/C11H10NO2/c1-7(2)12-10(13)8-5-3-4-6-9(8)11(12)14/h3-7H,1H2,2H3/q-1. The van der Waals surface area contributed by atoms with Crippen LogP contribution in [0.25, 0.3) is 0 Å². The summed E-state index contributed by atoms with van der Waals surface area (Å²) < 4.78 is 0. The summed E-state index contributed by atoms with van der Waals surface area (Å²) in [5, 5.41) is 0. The number of carbonyl (C=O) groups excluding carboxylic acids is 2. The van der Waals surface area contributed by atoms with Crippen LogP contribution >= 0.6 is 0 Å². The van der Waals surface area contributed by atoms with Gasteiger partial charge in [0.2, 0.25) is 0 Å². The van der Waals surface area contributed by atoms with E-state index in [1.54, 1.807) is 31.2 Å². The third-order valence-electron chi connectivity index (χ3n) is 2.27. The number of imide groups is 1. The van der Waals surface area contributed by atoms with E-state index in [1.807, 2.05) is 0 Å². The zero-order valence-corrected chi connectivity index (χ0v) is 7.86. The molecule has 0 saturated heterocycles. The average molecular weight is 188 g/mol. The van der Waals surface area contributed by atoms with E-state index < -0.39 is 0 Å². The monoisotopic (exact) mass is 188 g/mol. The summed E-state index contributed by atoms with van der Waals surface area (Å²) in [6, 6.07) is 6.50. The first-order chi connectivity index (χ1) is 6.63. The highest BCUT2D eigenvalue weighted by atomic mass is 16.2. The minimum Gasteiger partial charge on any atom is -0.321 e. The lowest BCUT2D eigenvalue weighted by molar-refractivity contribution is 0.0624. The van der Waals surface area contributed by atoms with Crippen LogP contribution in [0, 0.1) is 6.92 Å². The van der Waals surface area contributed by atoms with E-state index in [9.17, 15) is 9.59 Å². The SMILES string of the molecule is [CH2-]C(C)N1C(=O)c2ccccc2C1=O. The fourth-order valence-electron chi connectivity index (χ4n) is 1.61. The minimum absolute atomic E-state index is 0.242. The molecule has 14 heavy (non-hydrogen) atoms. The first kappa shape index (κ1) is 8.94. The lowest BCUT2D eigenvalue weighted by atomic mass is 10.1. The second-order valence-corrected chi connectivity index (χ2v) is 3.37. The molecule has 0 radical (unpaired) electrons. The van der Waals surface area contributed by atoms with Gasteiger partial charge in [-0.25, -0.2) is 0 Å². The topological polar surface area (TPSA) is 37.4 Å². The summed E-state index contributed by atoms with van der Waals surface area (Å²) in [5.41, 5.74) is 0.959. The number of amides is 2. The molecule has 1 aliphatic heterocycles. The quantitative estimate of drug-likeness (QED) is 0.494. The van der Waals surface area contributed by atoms with E-state index in [0.29, 0.717) is 11.1 Å². The van der Waals surface area contributed by atoms with Gasteiger partial charge in [0.1, 0.15) is 0 Å². The van der Waals surface area contributed by atoms with Crippen molar-refractivity contribution in [1.29, 1.82) is 0 Å². The smallest absolute Gasteiger partial charge is 0.259 e. The minimum atomic E-state index is -0.331. The predicted molar refractivity (Wildman–Crippen MR) is 51.8 cm³/mol. The molecule has 0 aromatic heterocycles. The highest BCUT2D eigenvalue weighted by Crippen LogP contribution is 2.23. The van der Waals surface area contributed by atoms with Crippen LogP contribution in [0.5, 0.6) is 0 Å². The van der Waals surface area contributed by atoms with Crippen molar-refractivity contribution in [2.45, 2.75) is 13.0 Å². The highest BCUT2D eigenvalue weighted by molar-refractivity contribution is 6.21. The van der Waals surface area contributed by atoms with E-state index in [1.165, 1.54) is 4.90 Å². The molecule has 1 aromatic rings. The molecule has 1 aromatic carbocycles. The molecule has 0 bridgehead atoms. The van der Waals surface area contributed by atoms with Gasteiger partial charge in [-0.1, -0.05) is 25.1 Å². The van der Waals surface area contributed by atoms with Crippen molar-refractivity contribution in [2.75, 3.05) is 0 Å². The molecule has 1 unspecified atom stereocenters. The number of benzene rings is 1. The van der Waals surface area contributed by atoms with E-state index >= 15 is 0 Å². The summed E-state index contributed by atoms with van der Waals surface area (Å²) in [6.07, 6.45) is 0. The normalized spacial score (nSPS) is 17.1. The summed E-state index contributed by atoms with van der Waals surface area (Å²) in [4.78, 5) is 24.6. The van der Waals surface area contributed by atoms with E-state index in [4.69, 9.17) is 0 Å². The van der Waals surface area contributed by atoms with Gasteiger partial charge in [0.05, 0.1) is 11.1 Å². The molecule has 72 valence electrons. The predicted octanol–water partition coefficient (Wildman–Crippen LogP) is 1.51. The molecule has 2 rings (SSSR count). The van der Waals surface area contributed by atoms with Crippen LogP contribution in [0.4, 0.5) is 0 Å². The molecular formula is C11H10NO2-. The molecule has 0 aliphatic carbocycles. The Labute approximate surface area is 82.3 Å². The summed E-state index contributed by atoms with van der Waals surface area (Å²) in [5.74, 6) is -0.485. The van der Waals surface area contributed by atoms with Gasteiger partial charge in [-0.3, -0.25) is 9.59 Å². The number of carbonyl (C=O) groups is 2. The van der Waals surface area contributed by atoms with Gasteiger partial charge in [0, 0.05) is 0 Å². The zero-order chi connectivity index (χ0) is 10.3. The molecule has 2 amide bonds. The van der Waals surface area contributed by atoms with Crippen molar-refractivity contribution >= 4 is 11.8 Å². The summed E-state index contributed by atoms with van der Waals surface area (Å²) >= 11 is 0. The Morgan fingerprint density at radius 2 is 1.57 bits per heavy atom. The van der Waals surface area contributed by atoms with Crippen LogP contribution in [0.15, 0.2) is 24.3 Å². The Morgan fingerprint density at radius 1 is 1.14 bits per heavy atom. The fraction of sp³-hybridized carbons (Fsp3) is 0.182. The van der Waals surface area contributed by atoms with E-state index in [0.717, 1.165) is 0 Å². The maximum atomic E-state index is 11.7. The van der Waals surface area contributed by atoms with Gasteiger partial charge in [-0.15, -0.1) is 0 Å². The molecule has 0 spiro atoms. The molecule has 1 heterocycles. The Balaban J connectivity index is 2.54. The highest BCUT2D eigenvalue weighted by Gasteiger charge is 2.34. The third-order valence-corrected chi connectivity index (χ3v) is 2.27. The molecule has 0 fully saturated rings. The second kappa shape index (κ2) is 2.94. The largest absolute Gasteiger partial charge is 0.321 e. The molecule has 1 atom stereocenters. The number of hydrogen-bond donors (Lipinski definition) is 0. The van der Waals surface area contributed by atoms with Crippen LogP contribution in [-0.4, -0.2) is 22.8 Å². The van der Waals surface area contributed by atoms with Crippen LogP contribution in [0.1, 0.15) is 27.6 Å². The third kappa shape index (κ3) is 1.05. The van der Waals surface area contributed by atoms with Crippen molar-refractivity contribution < 1.29 is 9.59 Å². The number of hydrogen-bond acceptors (Lipinski definition) is 2. The molecule has 0 N–H and O–H groups in total. The fourth-order valence-corrected chi connectivity index (χ4v) is 1.61. The summed E-state index contributed by atoms with van der Waals surface area (Å²) in [7, 11) is 0. The van der Waals surface area contributed by atoms with Gasteiger partial charge in [-0.2, -0.15) is 0 Å². The first-order valence-electron chi connectivity index (χ1n) is 4.43. The van der Waals surface area contributed by atoms with Gasteiger partial charge >= 0.3 is 0 Å². The van der Waals surface area contributed by atoms with Crippen LogP contribution in [0.2, 0.25) is 0 Å². The first-order valence-corrected chi connectivity index (χ1v) is 4.43. The van der Waals surface area contributed by atoms with Crippen LogP contribution in [-0.2, 0) is 0 Å². The zero-order valence-electron chi connectivity index (χ0n) is 7.86. The molecule has 3 heteroatoms. The van der Waals surface area contributed by atoms with Crippen molar-refractivity contribution in [1.82, 2.24) is 4.90 Å². The maximum Gasteiger partial charge on any atom is 0.259 e.